The van der Waals surface area contributed by atoms with Crippen LogP contribution in [0, 0.1) is 11.8 Å². The van der Waals surface area contributed by atoms with Gasteiger partial charge in [-0.25, -0.2) is 0 Å². The van der Waals surface area contributed by atoms with E-state index in [4.69, 9.17) is 16.3 Å². The Balaban J connectivity index is 1.38. The molecule has 2 aromatic carbocycles. The van der Waals surface area contributed by atoms with Gasteiger partial charge < -0.3 is 15.0 Å². The number of amides is 1. The lowest BCUT2D eigenvalue weighted by molar-refractivity contribution is -0.148. The van der Waals surface area contributed by atoms with Crippen LogP contribution in [0.1, 0.15) is 27.9 Å². The van der Waals surface area contributed by atoms with Crippen molar-refractivity contribution in [2.24, 2.45) is 11.8 Å². The second-order valence-electron chi connectivity index (χ2n) is 8.58. The quantitative estimate of drug-likeness (QED) is 0.384. The molecule has 2 heterocycles. The first-order valence-electron chi connectivity index (χ1n) is 11.1. The van der Waals surface area contributed by atoms with Gasteiger partial charge in [0.2, 0.25) is 5.91 Å². The number of halogens is 1. The highest BCUT2D eigenvalue weighted by atomic mass is 35.5. The molecule has 0 saturated carbocycles. The van der Waals surface area contributed by atoms with Gasteiger partial charge in [0.15, 0.2) is 12.4 Å². The highest BCUT2D eigenvalue weighted by molar-refractivity contribution is 6.30. The lowest BCUT2D eigenvalue weighted by atomic mass is 9.93. The molecule has 2 aromatic rings. The molecule has 0 aliphatic carbocycles. The van der Waals surface area contributed by atoms with Gasteiger partial charge in [-0.15, -0.1) is 6.58 Å². The van der Waals surface area contributed by atoms with Crippen molar-refractivity contribution >= 4 is 29.3 Å². The molecule has 1 amide bonds. The number of nitrogens with zero attached hydrogens (tertiary/aromatic N) is 1. The average Bonchev–Trinajstić information content (AvgIpc) is 3.26. The zero-order valence-corrected chi connectivity index (χ0v) is 19.1. The lowest BCUT2D eigenvalue weighted by Crippen LogP contribution is -2.49. The first-order chi connectivity index (χ1) is 16.0. The van der Waals surface area contributed by atoms with Crippen LogP contribution in [0.5, 0.6) is 0 Å². The van der Waals surface area contributed by atoms with Crippen molar-refractivity contribution in [3.63, 3.8) is 0 Å². The number of likely N-dealkylation sites (tertiary alicyclic amines) is 1. The molecule has 3 atom stereocenters. The van der Waals surface area contributed by atoms with Gasteiger partial charge in [0.1, 0.15) is 0 Å². The third-order valence-electron chi connectivity index (χ3n) is 6.40. The van der Waals surface area contributed by atoms with Gasteiger partial charge in [-0.2, -0.15) is 0 Å². The van der Waals surface area contributed by atoms with E-state index in [1.165, 1.54) is 0 Å². The number of allylic oxidation sites excluding steroid dienone is 1. The Hall–Kier alpha value is -2.96. The summed E-state index contributed by atoms with van der Waals surface area (Å²) >= 11 is 6.07. The van der Waals surface area contributed by atoms with Crippen LogP contribution in [0.4, 0.5) is 0 Å². The molecule has 7 heteroatoms. The van der Waals surface area contributed by atoms with E-state index in [0.717, 1.165) is 11.1 Å². The predicted octanol–water partition coefficient (Wildman–Crippen LogP) is 3.43. The van der Waals surface area contributed by atoms with Crippen LogP contribution >= 0.6 is 11.6 Å². The van der Waals surface area contributed by atoms with Gasteiger partial charge in [0.05, 0.1) is 12.0 Å². The fourth-order valence-corrected chi connectivity index (χ4v) is 4.80. The SMILES string of the molecule is C=CCC1CN(C(=O)C2Cc3ccc(Cl)cc3CN2)CC1C(=O)OCC(=O)c1ccccc1. The molecule has 172 valence electrons. The molecule has 0 aromatic heterocycles. The van der Waals surface area contributed by atoms with Crippen molar-refractivity contribution in [2.75, 3.05) is 19.7 Å². The maximum absolute atomic E-state index is 13.3. The summed E-state index contributed by atoms with van der Waals surface area (Å²) in [7, 11) is 0. The zero-order valence-electron chi connectivity index (χ0n) is 18.3. The summed E-state index contributed by atoms with van der Waals surface area (Å²) in [5.74, 6) is -1.29. The number of hydrogen-bond acceptors (Lipinski definition) is 5. The van der Waals surface area contributed by atoms with Crippen LogP contribution < -0.4 is 5.32 Å². The minimum atomic E-state index is -0.481. The minimum absolute atomic E-state index is 0.0275. The van der Waals surface area contributed by atoms with Crippen LogP contribution in [0.2, 0.25) is 5.02 Å². The summed E-state index contributed by atoms with van der Waals surface area (Å²) in [5.41, 5.74) is 2.71. The topological polar surface area (TPSA) is 75.7 Å². The van der Waals surface area contributed by atoms with Gasteiger partial charge in [0.25, 0.3) is 0 Å². The molecule has 0 radical (unpaired) electrons. The van der Waals surface area contributed by atoms with Crippen molar-refractivity contribution in [2.45, 2.75) is 25.4 Å². The first-order valence-corrected chi connectivity index (χ1v) is 11.5. The second kappa shape index (κ2) is 10.3. The Labute approximate surface area is 198 Å². The van der Waals surface area contributed by atoms with Crippen molar-refractivity contribution in [3.8, 4) is 0 Å². The van der Waals surface area contributed by atoms with Crippen LogP contribution in [-0.2, 0) is 27.3 Å². The number of ether oxygens (including phenoxy) is 1. The number of rotatable bonds is 7. The molecule has 0 spiro atoms. The molecule has 1 N–H and O–H groups in total. The van der Waals surface area contributed by atoms with E-state index < -0.39 is 11.9 Å². The number of carbonyl (C=O) groups is 3. The Kier molecular flexibility index (Phi) is 7.26. The molecule has 1 saturated heterocycles. The normalized spacial score (nSPS) is 21.8. The van der Waals surface area contributed by atoms with Crippen LogP contribution in [0.3, 0.4) is 0 Å². The molecule has 0 bridgehead atoms. The smallest absolute Gasteiger partial charge is 0.311 e. The van der Waals surface area contributed by atoms with Gasteiger partial charge in [0, 0.05) is 30.2 Å². The van der Waals surface area contributed by atoms with E-state index in [1.54, 1.807) is 35.2 Å². The third-order valence-corrected chi connectivity index (χ3v) is 6.63. The fourth-order valence-electron chi connectivity index (χ4n) is 4.60. The minimum Gasteiger partial charge on any atom is -0.457 e. The molecule has 6 nitrogen and oxygen atoms in total. The fraction of sp³-hybridized carbons (Fsp3) is 0.346. The largest absolute Gasteiger partial charge is 0.457 e. The van der Waals surface area contributed by atoms with Crippen molar-refractivity contribution < 1.29 is 19.1 Å². The first kappa shape index (κ1) is 23.2. The summed E-state index contributed by atoms with van der Waals surface area (Å²) in [5, 5.41) is 3.98. The van der Waals surface area contributed by atoms with E-state index in [9.17, 15) is 14.4 Å². The number of fused-ring (bicyclic) bond motifs is 1. The van der Waals surface area contributed by atoms with Gasteiger partial charge in [-0.05, 0) is 42.0 Å². The molecule has 2 aliphatic heterocycles. The van der Waals surface area contributed by atoms with Gasteiger partial charge in [-0.1, -0.05) is 54.1 Å². The molecule has 1 fully saturated rings. The van der Waals surface area contributed by atoms with Crippen molar-refractivity contribution in [1.82, 2.24) is 10.2 Å². The predicted molar refractivity (Wildman–Crippen MR) is 126 cm³/mol. The van der Waals surface area contributed by atoms with Crippen LogP contribution in [0.25, 0.3) is 0 Å². The van der Waals surface area contributed by atoms with Gasteiger partial charge >= 0.3 is 5.97 Å². The monoisotopic (exact) mass is 466 g/mol. The number of carbonyl (C=O) groups excluding carboxylic acids is 3. The number of nitrogens with one attached hydrogen (secondary N) is 1. The average molecular weight is 467 g/mol. The van der Waals surface area contributed by atoms with E-state index in [1.807, 2.05) is 24.3 Å². The molecular formula is C26H27ClN2O4. The summed E-state index contributed by atoms with van der Waals surface area (Å²) in [6.07, 6.45) is 2.93. The summed E-state index contributed by atoms with van der Waals surface area (Å²) < 4.78 is 5.36. The van der Waals surface area contributed by atoms with Crippen LogP contribution in [0.15, 0.2) is 61.2 Å². The molecular weight excluding hydrogens is 440 g/mol. The Morgan fingerprint density at radius 3 is 2.67 bits per heavy atom. The maximum atomic E-state index is 13.3. The summed E-state index contributed by atoms with van der Waals surface area (Å²) in [4.78, 5) is 40.1. The Morgan fingerprint density at radius 2 is 1.91 bits per heavy atom. The second-order valence-corrected chi connectivity index (χ2v) is 9.02. The van der Waals surface area contributed by atoms with Crippen molar-refractivity contribution in [3.05, 3.63) is 82.9 Å². The number of Topliss-reactive ketones (excluding diaryl/α,β-unsaturated/α-hetero) is 1. The van der Waals surface area contributed by atoms with Gasteiger partial charge in [-0.3, -0.25) is 14.4 Å². The highest BCUT2D eigenvalue weighted by Crippen LogP contribution is 2.30. The maximum Gasteiger partial charge on any atom is 0.311 e. The van der Waals surface area contributed by atoms with Crippen molar-refractivity contribution in [1.29, 1.82) is 0 Å². The van der Waals surface area contributed by atoms with Crippen LogP contribution in [-0.4, -0.2) is 48.3 Å². The lowest BCUT2D eigenvalue weighted by Gasteiger charge is -2.29. The molecule has 33 heavy (non-hydrogen) atoms. The van der Waals surface area contributed by atoms with E-state index in [-0.39, 0.29) is 36.8 Å². The molecule has 3 unspecified atom stereocenters. The Morgan fingerprint density at radius 1 is 1.12 bits per heavy atom. The number of hydrogen-bond donors (Lipinski definition) is 1. The number of ketones is 1. The number of benzene rings is 2. The Bertz CT molecular complexity index is 1060. The highest BCUT2D eigenvalue weighted by Gasteiger charge is 2.42. The van der Waals surface area contributed by atoms with E-state index in [2.05, 4.69) is 11.9 Å². The number of esters is 1. The third kappa shape index (κ3) is 5.34. The molecule has 4 rings (SSSR count). The van der Waals surface area contributed by atoms with E-state index >= 15 is 0 Å². The molecule has 2 aliphatic rings. The standard InChI is InChI=1S/C26H27ClN2O4/c1-2-6-19-14-29(25(31)23-12-18-9-10-21(27)11-20(18)13-28-23)15-22(19)26(32)33-16-24(30)17-7-4-3-5-8-17/h2-5,7-11,19,22-23,28H,1,6,12-16H2. The summed E-state index contributed by atoms with van der Waals surface area (Å²) in [6.45, 7) is 4.80. The van der Waals surface area contributed by atoms with E-state index in [0.29, 0.717) is 36.5 Å². The summed E-state index contributed by atoms with van der Waals surface area (Å²) in [6, 6.07) is 14.1. The zero-order chi connectivity index (χ0) is 23.4.